The van der Waals surface area contributed by atoms with Gasteiger partial charge in [-0.2, -0.15) is 10.2 Å². The first kappa shape index (κ1) is 105. The molecule has 13 unspecified atom stereocenters. The largest absolute Gasteiger partial charge is 0.481 e. The van der Waals surface area contributed by atoms with Crippen molar-refractivity contribution in [1.29, 1.82) is 0 Å². The number of aliphatic carboxylic acids is 2. The van der Waals surface area contributed by atoms with Crippen molar-refractivity contribution in [2.24, 2.45) is 88.0 Å². The van der Waals surface area contributed by atoms with E-state index < -0.39 is 17.4 Å². The number of carboxylic acids is 2. The molecule has 0 saturated carbocycles. The Morgan fingerprint density at radius 3 is 1.19 bits per heavy atom. The molecule has 12 aliphatic rings. The number of piperidine rings is 10. The lowest BCUT2D eigenvalue weighted by molar-refractivity contribution is -0.154. The quantitative estimate of drug-likeness (QED) is 0.166. The Morgan fingerprint density at radius 2 is 0.783 bits per heavy atom. The van der Waals surface area contributed by atoms with E-state index in [2.05, 4.69) is 227 Å². The van der Waals surface area contributed by atoms with Gasteiger partial charge in [-0.3, -0.25) is 28.8 Å². The molecule has 12 rings (SSSR count). The molecule has 0 spiro atoms. The minimum Gasteiger partial charge on any atom is -0.481 e. The molecule has 0 radical (unpaired) electrons. The van der Waals surface area contributed by atoms with E-state index in [0.29, 0.717) is 54.1 Å². The van der Waals surface area contributed by atoms with E-state index in [1.165, 1.54) is 66.9 Å². The fraction of sp³-hybridized carbons (Fsp3) is 0.912. The van der Waals surface area contributed by atoms with Crippen molar-refractivity contribution in [2.75, 3.05) is 208 Å². The fourth-order valence-electron chi connectivity index (χ4n) is 18.8. The van der Waals surface area contributed by atoms with Crippen LogP contribution in [0.15, 0.2) is 10.2 Å². The number of hydrazone groups is 2. The lowest BCUT2D eigenvalue weighted by atomic mass is 9.71. The zero-order valence-corrected chi connectivity index (χ0v) is 79.5. The van der Waals surface area contributed by atoms with E-state index in [0.717, 1.165) is 174 Å². The highest BCUT2D eigenvalue weighted by molar-refractivity contribution is 5.98. The Kier molecular flexibility index (Phi) is 41.4. The van der Waals surface area contributed by atoms with Crippen molar-refractivity contribution in [2.45, 2.75) is 253 Å². The van der Waals surface area contributed by atoms with Crippen molar-refractivity contribution in [3.63, 3.8) is 0 Å². The first-order valence-electron chi connectivity index (χ1n) is 44.3. The summed E-state index contributed by atoms with van der Waals surface area (Å²) in [7, 11) is 22.4. The number of amides is 2. The number of aliphatic hydroxyl groups is 2. The first-order valence-corrected chi connectivity index (χ1v) is 44.3. The van der Waals surface area contributed by atoms with Gasteiger partial charge in [0.15, 0.2) is 0 Å². The number of fused-ring (bicyclic) bond motifs is 2. The van der Waals surface area contributed by atoms with Crippen molar-refractivity contribution in [1.82, 2.24) is 59.4 Å². The number of carboxylic acid groups (broad SMARTS) is 2. The monoisotopic (exact) mass is 1630 g/mol. The summed E-state index contributed by atoms with van der Waals surface area (Å²) in [5, 5.41) is 52.1. The Labute approximate surface area is 701 Å². The Bertz CT molecular complexity index is 3060. The van der Waals surface area contributed by atoms with Crippen molar-refractivity contribution < 1.29 is 49.2 Å². The van der Waals surface area contributed by atoms with Crippen LogP contribution in [0.3, 0.4) is 0 Å². The van der Waals surface area contributed by atoms with Gasteiger partial charge in [-0.15, -0.1) is 0 Å². The number of aliphatic hydroxyl groups excluding tert-OH is 2. The second-order valence-electron chi connectivity index (χ2n) is 42.2. The van der Waals surface area contributed by atoms with Gasteiger partial charge < -0.3 is 69.8 Å². The van der Waals surface area contributed by atoms with E-state index in [-0.39, 0.29) is 67.8 Å². The molecule has 13 atom stereocenters. The SMILES string of the molecule is CC1CCN(C)CC1(C)C.CC1CCN(C)CC1(C)C(=O)O.CC1CCN(C)CC1(C)CC(=O)O.CCC1(C)CN(C)CCC1=O.CCC1(C)CN(C)CCC1C.CCC1(C)CN(C)CCC1O.CN1CCC(=O)C(C)(C)C1.CN1CCC(O)C(C)(C)C1.CN1CCC2=NN(C)C(=O)CC2(C)C1.CN1N=C2CCNCC2(C)CC1=O. The van der Waals surface area contributed by atoms with Crippen molar-refractivity contribution >= 4 is 46.7 Å². The van der Waals surface area contributed by atoms with Crippen LogP contribution in [-0.2, 0) is 28.8 Å². The van der Waals surface area contributed by atoms with Gasteiger partial charge in [-0.25, -0.2) is 10.0 Å². The van der Waals surface area contributed by atoms with Crippen LogP contribution < -0.4 is 5.32 Å². The normalized spacial score (nSPS) is 35.5. The first-order chi connectivity index (χ1) is 52.8. The molecule has 24 heteroatoms. The Hall–Kier alpha value is -3.92. The lowest BCUT2D eigenvalue weighted by Gasteiger charge is -2.43. The number of rotatable bonds is 6. The van der Waals surface area contributed by atoms with Crippen LogP contribution in [0, 0.1) is 77.8 Å². The molecule has 5 N–H and O–H groups in total. The van der Waals surface area contributed by atoms with Crippen molar-refractivity contribution in [3.8, 4) is 0 Å². The molecule has 12 aliphatic heterocycles. The highest BCUT2D eigenvalue weighted by atomic mass is 16.4. The highest BCUT2D eigenvalue weighted by Crippen LogP contribution is 2.41. The maximum Gasteiger partial charge on any atom is 0.310 e. The fourth-order valence-corrected chi connectivity index (χ4v) is 18.8. The number of carbonyl (C=O) groups excluding carboxylic acids is 4. The summed E-state index contributed by atoms with van der Waals surface area (Å²) in [5.41, 5.74) is 2.90. The average molecular weight is 1630 g/mol. The second-order valence-corrected chi connectivity index (χ2v) is 42.2. The maximum atomic E-state index is 11.6. The summed E-state index contributed by atoms with van der Waals surface area (Å²) >= 11 is 0. The molecular weight excluding hydrogens is 1450 g/mol. The zero-order chi connectivity index (χ0) is 88.0. The molecule has 2 amide bonds. The van der Waals surface area contributed by atoms with Crippen LogP contribution in [0.25, 0.3) is 0 Å². The Morgan fingerprint density at radius 1 is 0.400 bits per heavy atom. The van der Waals surface area contributed by atoms with E-state index in [4.69, 9.17) is 10.2 Å². The predicted molar refractivity (Wildman–Crippen MR) is 474 cm³/mol. The molecule has 10 fully saturated rings. The molecule has 670 valence electrons. The van der Waals surface area contributed by atoms with Gasteiger partial charge in [-0.1, -0.05) is 132 Å². The average Bonchev–Trinajstić information content (AvgIpc) is 0.793. The molecule has 24 nitrogen and oxygen atoms in total. The van der Waals surface area contributed by atoms with Crippen LogP contribution in [0.4, 0.5) is 0 Å². The van der Waals surface area contributed by atoms with Crippen molar-refractivity contribution in [3.05, 3.63) is 0 Å². The standard InChI is InChI=1S/C10H17N3O.C10H19NO2.C10H21N.C9H15N3O.C9H17NO2.C9H19NO.C9H17NO.C9H19N.C8H17NO.C8H15NO/c1-10-6-9(14)13(3)11-8(10)4-5-12(2)7-10;1-8-4-5-11(3)7-10(8,2)6-9(12)13;1-5-10(3)8-11(4)7-6-9(10)2;1-9-5-8(13)12(2)11-7(9)3-4-10-6-9;1-7-4-5-10(3)6-9(7,2)8(11)12;2*1-4-9(2)7-10(3)6-5-8(9)11;1-8-5-6-10(4)7-9(8,2)3;2*1-8(2)6-9(3)5-4-7(8)10/h4-7H2,1-3H3;8H,4-7H2,1-3H3,(H,12,13);9H,5-8H2,1-4H3;10H,3-6H2,1-2H3;7H,4-6H2,1-3H3,(H,11,12);8,11H,4-7H2,1-3H3;4-7H2,1-3H3;8H,5-7H2,1-4H3;7,10H,4-6H2,1-3H3;4-6H2,1-3H3. The summed E-state index contributed by atoms with van der Waals surface area (Å²) < 4.78 is 0. The summed E-state index contributed by atoms with van der Waals surface area (Å²) in [4.78, 5) is 87.9. The second kappa shape index (κ2) is 45.3. The summed E-state index contributed by atoms with van der Waals surface area (Å²) in [6.45, 7) is 63.9. The number of nitrogens with zero attached hydrogens (tertiary/aromatic N) is 13. The van der Waals surface area contributed by atoms with Gasteiger partial charge in [0.25, 0.3) is 0 Å². The molecule has 0 aromatic rings. The molecule has 12 heterocycles. The van der Waals surface area contributed by atoms with Crippen LogP contribution in [0.5, 0.6) is 0 Å². The van der Waals surface area contributed by atoms with Crippen LogP contribution >= 0.6 is 0 Å². The summed E-state index contributed by atoms with van der Waals surface area (Å²) in [5.74, 6) is 2.36. The third-order valence-electron chi connectivity index (χ3n) is 29.4. The van der Waals surface area contributed by atoms with Gasteiger partial charge in [0.1, 0.15) is 11.6 Å². The minimum absolute atomic E-state index is 0.0173. The summed E-state index contributed by atoms with van der Waals surface area (Å²) in [6, 6.07) is 0. The number of likely N-dealkylation sites (tertiary alicyclic amines) is 9. The van der Waals surface area contributed by atoms with E-state index in [9.17, 15) is 39.0 Å². The topological polar surface area (TPSA) is 256 Å². The van der Waals surface area contributed by atoms with E-state index in [1.54, 1.807) is 14.1 Å². The third-order valence-corrected chi connectivity index (χ3v) is 29.4. The molecule has 10 saturated heterocycles. The Balaban J connectivity index is 0.000000331. The zero-order valence-electron chi connectivity index (χ0n) is 79.5. The smallest absolute Gasteiger partial charge is 0.310 e. The van der Waals surface area contributed by atoms with Gasteiger partial charge in [0.2, 0.25) is 11.8 Å². The number of hydrogen-bond donors (Lipinski definition) is 5. The van der Waals surface area contributed by atoms with E-state index >= 15 is 0 Å². The van der Waals surface area contributed by atoms with Gasteiger partial charge in [0, 0.05) is 201 Å². The highest BCUT2D eigenvalue weighted by Gasteiger charge is 2.46. The van der Waals surface area contributed by atoms with Gasteiger partial charge in [-0.05, 0) is 194 Å². The predicted octanol–water partition coefficient (Wildman–Crippen LogP) is 11.6. The molecule has 115 heavy (non-hydrogen) atoms. The summed E-state index contributed by atoms with van der Waals surface area (Å²) in [6.07, 6.45) is 14.7. The van der Waals surface area contributed by atoms with Crippen LogP contribution in [0.2, 0.25) is 0 Å². The molecule has 0 aliphatic carbocycles. The number of nitrogens with one attached hydrogen (secondary N) is 1. The van der Waals surface area contributed by atoms with Gasteiger partial charge in [0.05, 0.1) is 24.0 Å². The van der Waals surface area contributed by atoms with Crippen LogP contribution in [0.1, 0.15) is 241 Å². The molecule has 0 aromatic carbocycles. The van der Waals surface area contributed by atoms with Gasteiger partial charge >= 0.3 is 11.9 Å². The van der Waals surface area contributed by atoms with E-state index in [1.807, 2.05) is 34.7 Å². The molecule has 0 bridgehead atoms. The van der Waals surface area contributed by atoms with Crippen LogP contribution in [-0.4, -0.2) is 342 Å². The number of ketones is 2. The number of hydrogen-bond acceptors (Lipinski definition) is 20. The maximum absolute atomic E-state index is 11.6. The molecular formula is C91H176N14O10. The number of Topliss-reactive ketones (excluding diaryl/α,β-unsaturated/α-hetero) is 2. The number of carbonyl (C=O) groups is 6. The minimum atomic E-state index is -0.676. The molecule has 0 aromatic heterocycles. The third kappa shape index (κ3) is 32.1. The lowest BCUT2D eigenvalue weighted by Crippen LogP contribution is -2.51.